The number of carbonyl (C=O) groups is 2. The summed E-state index contributed by atoms with van der Waals surface area (Å²) in [5.41, 5.74) is 1.18. The summed E-state index contributed by atoms with van der Waals surface area (Å²) < 4.78 is 17.1. The molecule has 1 aromatic carbocycles. The van der Waals surface area contributed by atoms with Crippen LogP contribution in [0, 0.1) is 0 Å². The molecule has 2 N–H and O–H groups in total. The minimum atomic E-state index is -1.82. The van der Waals surface area contributed by atoms with Crippen LogP contribution in [0.15, 0.2) is 30.9 Å². The van der Waals surface area contributed by atoms with Gasteiger partial charge in [-0.2, -0.15) is 0 Å². The van der Waals surface area contributed by atoms with Gasteiger partial charge in [0, 0.05) is 13.1 Å². The second-order valence-corrected chi connectivity index (χ2v) is 7.16. The van der Waals surface area contributed by atoms with Crippen molar-refractivity contribution >= 4 is 11.9 Å². The fraction of sp³-hybridized carbons (Fsp3) is 0.545. The van der Waals surface area contributed by atoms with Crippen LogP contribution in [0.25, 0.3) is 0 Å². The molecular formula is C22H33NO7. The van der Waals surface area contributed by atoms with Crippen molar-refractivity contribution in [1.29, 1.82) is 0 Å². The molecule has 168 valence electrons. The van der Waals surface area contributed by atoms with Gasteiger partial charge in [-0.3, -0.25) is 4.90 Å². The molecule has 0 spiro atoms. The Labute approximate surface area is 178 Å². The van der Waals surface area contributed by atoms with Gasteiger partial charge in [-0.15, -0.1) is 6.58 Å². The Morgan fingerprint density at radius 2 is 1.80 bits per heavy atom. The largest absolute Gasteiger partial charge is 0.493 e. The molecule has 0 bridgehead atoms. The van der Waals surface area contributed by atoms with Crippen molar-refractivity contribution in [3.63, 3.8) is 0 Å². The average molecular weight is 424 g/mol. The highest BCUT2D eigenvalue weighted by Gasteiger charge is 2.21. The summed E-state index contributed by atoms with van der Waals surface area (Å²) in [4.78, 5) is 20.7. The van der Waals surface area contributed by atoms with Crippen LogP contribution in [0.3, 0.4) is 0 Å². The first kappa shape index (κ1) is 25.5. The fourth-order valence-corrected chi connectivity index (χ4v) is 3.21. The molecular weight excluding hydrogens is 390 g/mol. The Bertz CT molecular complexity index is 670. The Balaban J connectivity index is 0.000000656. The van der Waals surface area contributed by atoms with Gasteiger partial charge < -0.3 is 24.4 Å². The van der Waals surface area contributed by atoms with Crippen molar-refractivity contribution in [1.82, 2.24) is 4.90 Å². The van der Waals surface area contributed by atoms with E-state index in [1.807, 2.05) is 18.2 Å². The van der Waals surface area contributed by atoms with Crippen LogP contribution in [-0.2, 0) is 20.7 Å². The van der Waals surface area contributed by atoms with Crippen LogP contribution in [-0.4, -0.2) is 72.6 Å². The lowest BCUT2D eigenvalue weighted by Gasteiger charge is -2.35. The zero-order valence-corrected chi connectivity index (χ0v) is 18.0. The van der Waals surface area contributed by atoms with Gasteiger partial charge >= 0.3 is 11.9 Å². The molecule has 2 atom stereocenters. The summed E-state index contributed by atoms with van der Waals surface area (Å²) in [5.74, 6) is -2.03. The first-order valence-electron chi connectivity index (χ1n) is 10.0. The van der Waals surface area contributed by atoms with Crippen molar-refractivity contribution in [2.75, 3.05) is 33.4 Å². The topological polar surface area (TPSA) is 106 Å². The van der Waals surface area contributed by atoms with Crippen molar-refractivity contribution in [2.45, 2.75) is 45.3 Å². The fourth-order valence-electron chi connectivity index (χ4n) is 3.21. The number of benzene rings is 1. The normalized spacial score (nSPS) is 18.6. The van der Waals surface area contributed by atoms with Gasteiger partial charge in [0.15, 0.2) is 11.5 Å². The lowest BCUT2D eigenvalue weighted by atomic mass is 10.1. The Kier molecular flexibility index (Phi) is 11.5. The molecule has 0 radical (unpaired) electrons. The van der Waals surface area contributed by atoms with Gasteiger partial charge in [0.25, 0.3) is 0 Å². The van der Waals surface area contributed by atoms with Gasteiger partial charge in [-0.05, 0) is 57.4 Å². The average Bonchev–Trinajstić information content (AvgIpc) is 2.68. The van der Waals surface area contributed by atoms with Crippen LogP contribution in [0.5, 0.6) is 11.5 Å². The monoisotopic (exact) mass is 423 g/mol. The number of unbranched alkanes of at least 4 members (excludes halogenated alkanes) is 1. The Morgan fingerprint density at radius 3 is 2.33 bits per heavy atom. The molecule has 0 saturated carbocycles. The minimum absolute atomic E-state index is 0.336. The highest BCUT2D eigenvalue weighted by molar-refractivity contribution is 6.27. The molecule has 1 heterocycles. The Morgan fingerprint density at radius 1 is 1.17 bits per heavy atom. The lowest BCUT2D eigenvalue weighted by Crippen LogP contribution is -2.45. The van der Waals surface area contributed by atoms with E-state index in [0.717, 1.165) is 50.4 Å². The molecule has 2 rings (SSSR count). The van der Waals surface area contributed by atoms with E-state index in [0.29, 0.717) is 18.8 Å². The van der Waals surface area contributed by atoms with E-state index in [1.165, 1.54) is 5.56 Å². The zero-order chi connectivity index (χ0) is 22.5. The number of carboxylic acid groups (broad SMARTS) is 2. The van der Waals surface area contributed by atoms with E-state index in [1.54, 1.807) is 7.11 Å². The summed E-state index contributed by atoms with van der Waals surface area (Å²) >= 11 is 0. The number of carboxylic acids is 2. The van der Waals surface area contributed by atoms with Crippen molar-refractivity contribution in [3.8, 4) is 11.5 Å². The van der Waals surface area contributed by atoms with E-state index in [4.69, 9.17) is 34.0 Å². The van der Waals surface area contributed by atoms with Gasteiger partial charge in [0.05, 0.1) is 25.9 Å². The van der Waals surface area contributed by atoms with Crippen LogP contribution in [0.1, 0.15) is 32.3 Å². The summed E-state index contributed by atoms with van der Waals surface area (Å²) in [7, 11) is 1.68. The summed E-state index contributed by atoms with van der Waals surface area (Å²) in [6.45, 7) is 11.9. The smallest absolute Gasteiger partial charge is 0.414 e. The van der Waals surface area contributed by atoms with Gasteiger partial charge in [0.1, 0.15) is 0 Å². The van der Waals surface area contributed by atoms with E-state index in [2.05, 4.69) is 31.4 Å². The third-order valence-electron chi connectivity index (χ3n) is 4.41. The summed E-state index contributed by atoms with van der Waals surface area (Å²) in [6.07, 6.45) is 5.58. The van der Waals surface area contributed by atoms with E-state index >= 15 is 0 Å². The SMILES string of the molecule is C=CCc1ccc(OCCCCN2CC(C)OC(C)C2)c(OC)c1.O=C(O)C(=O)O. The molecule has 0 amide bonds. The van der Waals surface area contributed by atoms with Crippen LogP contribution in [0.2, 0.25) is 0 Å². The molecule has 1 aliphatic heterocycles. The second kappa shape index (κ2) is 13.6. The molecule has 1 aromatic rings. The minimum Gasteiger partial charge on any atom is -0.493 e. The molecule has 0 aromatic heterocycles. The molecule has 8 heteroatoms. The maximum atomic E-state index is 9.10. The second-order valence-electron chi connectivity index (χ2n) is 7.16. The zero-order valence-electron chi connectivity index (χ0n) is 18.0. The number of hydrogen-bond donors (Lipinski definition) is 2. The molecule has 2 unspecified atom stereocenters. The maximum absolute atomic E-state index is 9.10. The maximum Gasteiger partial charge on any atom is 0.414 e. The number of aliphatic carboxylic acids is 2. The highest BCUT2D eigenvalue weighted by Crippen LogP contribution is 2.28. The molecule has 1 saturated heterocycles. The van der Waals surface area contributed by atoms with Crippen molar-refractivity contribution in [3.05, 3.63) is 36.4 Å². The third kappa shape index (κ3) is 9.76. The van der Waals surface area contributed by atoms with Crippen LogP contribution in [0.4, 0.5) is 0 Å². The number of rotatable bonds is 9. The number of allylic oxidation sites excluding steroid dienone is 1. The Hall–Kier alpha value is -2.58. The van der Waals surface area contributed by atoms with E-state index in [9.17, 15) is 0 Å². The van der Waals surface area contributed by atoms with Gasteiger partial charge in [-0.25, -0.2) is 9.59 Å². The number of morpholine rings is 1. The highest BCUT2D eigenvalue weighted by atomic mass is 16.5. The number of ether oxygens (including phenoxy) is 3. The molecule has 30 heavy (non-hydrogen) atoms. The first-order chi connectivity index (χ1) is 14.3. The van der Waals surface area contributed by atoms with Gasteiger partial charge in [0.2, 0.25) is 0 Å². The number of methoxy groups -OCH3 is 1. The summed E-state index contributed by atoms with van der Waals surface area (Å²) in [5, 5.41) is 14.8. The predicted molar refractivity (Wildman–Crippen MR) is 113 cm³/mol. The summed E-state index contributed by atoms with van der Waals surface area (Å²) in [6, 6.07) is 6.08. The van der Waals surface area contributed by atoms with Crippen LogP contribution >= 0.6 is 0 Å². The molecule has 1 aliphatic rings. The molecule has 0 aliphatic carbocycles. The number of hydrogen-bond acceptors (Lipinski definition) is 6. The van der Waals surface area contributed by atoms with E-state index in [-0.39, 0.29) is 0 Å². The standard InChI is InChI=1S/C20H31NO3.C2H2O4/c1-5-8-18-9-10-19(20(13-18)22-4)23-12-7-6-11-21-14-16(2)24-17(3)15-21;3-1(4)2(5)6/h5,9-10,13,16-17H,1,6-8,11-12,14-15H2,2-4H3;(H,3,4)(H,5,6). The van der Waals surface area contributed by atoms with Crippen molar-refractivity contribution < 1.29 is 34.0 Å². The predicted octanol–water partition coefficient (Wildman–Crippen LogP) is 2.85. The lowest BCUT2D eigenvalue weighted by molar-refractivity contribution is -0.159. The number of nitrogens with zero attached hydrogens (tertiary/aromatic N) is 1. The molecule has 8 nitrogen and oxygen atoms in total. The molecule has 1 fully saturated rings. The quantitative estimate of drug-likeness (QED) is 0.355. The third-order valence-corrected chi connectivity index (χ3v) is 4.41. The van der Waals surface area contributed by atoms with Crippen LogP contribution < -0.4 is 9.47 Å². The van der Waals surface area contributed by atoms with Crippen molar-refractivity contribution in [2.24, 2.45) is 0 Å². The van der Waals surface area contributed by atoms with E-state index < -0.39 is 11.9 Å². The van der Waals surface area contributed by atoms with Gasteiger partial charge in [-0.1, -0.05) is 12.1 Å². The first-order valence-corrected chi connectivity index (χ1v) is 10.0.